The van der Waals surface area contributed by atoms with Crippen molar-refractivity contribution < 1.29 is 9.53 Å². The van der Waals surface area contributed by atoms with Crippen LogP contribution in [0.5, 0.6) is 5.75 Å². The van der Waals surface area contributed by atoms with Crippen LogP contribution in [0.4, 0.5) is 4.79 Å². The van der Waals surface area contributed by atoms with Gasteiger partial charge in [-0.25, -0.2) is 4.79 Å². The van der Waals surface area contributed by atoms with Gasteiger partial charge in [0.25, 0.3) is 0 Å². The fraction of sp³-hybridized carbons (Fsp3) is 0.188. The molecule has 0 aliphatic carbocycles. The van der Waals surface area contributed by atoms with Crippen LogP contribution in [-0.2, 0) is 6.42 Å². The Bertz CT molecular complexity index is 511. The Balaban J connectivity index is 1.82. The van der Waals surface area contributed by atoms with Gasteiger partial charge in [0.2, 0.25) is 0 Å². The van der Waals surface area contributed by atoms with Crippen molar-refractivity contribution in [2.45, 2.75) is 19.4 Å². The molecular weight excluding hydrogens is 238 g/mol. The van der Waals surface area contributed by atoms with E-state index in [1.807, 2.05) is 55.5 Å². The van der Waals surface area contributed by atoms with Gasteiger partial charge >= 0.3 is 6.09 Å². The molecule has 3 nitrogen and oxygen atoms in total. The Morgan fingerprint density at radius 1 is 1.05 bits per heavy atom. The van der Waals surface area contributed by atoms with Crippen LogP contribution in [0.15, 0.2) is 60.7 Å². The van der Waals surface area contributed by atoms with Gasteiger partial charge in [-0.1, -0.05) is 48.5 Å². The maximum Gasteiger partial charge on any atom is 0.412 e. The molecule has 0 aliphatic heterocycles. The molecule has 0 bridgehead atoms. The van der Waals surface area contributed by atoms with Gasteiger partial charge in [0, 0.05) is 6.04 Å². The molecule has 0 aromatic heterocycles. The molecule has 2 rings (SSSR count). The standard InChI is InChI=1S/C16H17NO2/c1-13(12-14-8-4-2-5-9-14)17-16(18)19-15-10-6-3-7-11-15/h2-11,13H,12H2,1H3,(H,17,18). The molecule has 0 saturated carbocycles. The molecule has 2 aromatic carbocycles. The van der Waals surface area contributed by atoms with E-state index in [2.05, 4.69) is 5.32 Å². The van der Waals surface area contributed by atoms with Gasteiger partial charge in [0.1, 0.15) is 5.75 Å². The highest BCUT2D eigenvalue weighted by molar-refractivity contribution is 5.70. The number of hydrogen-bond donors (Lipinski definition) is 1. The molecule has 0 radical (unpaired) electrons. The minimum atomic E-state index is -0.422. The molecule has 0 heterocycles. The molecule has 1 atom stereocenters. The summed E-state index contributed by atoms with van der Waals surface area (Å²) in [7, 11) is 0. The molecule has 1 unspecified atom stereocenters. The maximum absolute atomic E-state index is 11.7. The van der Waals surface area contributed by atoms with E-state index in [0.717, 1.165) is 6.42 Å². The third kappa shape index (κ3) is 4.47. The Morgan fingerprint density at radius 2 is 1.63 bits per heavy atom. The summed E-state index contributed by atoms with van der Waals surface area (Å²) >= 11 is 0. The van der Waals surface area contributed by atoms with Gasteiger partial charge in [-0.15, -0.1) is 0 Å². The van der Waals surface area contributed by atoms with Crippen molar-refractivity contribution in [3.8, 4) is 5.75 Å². The van der Waals surface area contributed by atoms with Crippen LogP contribution in [-0.4, -0.2) is 12.1 Å². The Kier molecular flexibility index (Phi) is 4.56. The molecule has 98 valence electrons. The van der Waals surface area contributed by atoms with Crippen LogP contribution >= 0.6 is 0 Å². The average molecular weight is 255 g/mol. The number of amides is 1. The number of carbonyl (C=O) groups is 1. The fourth-order valence-corrected chi connectivity index (χ4v) is 1.84. The molecule has 3 heteroatoms. The Hall–Kier alpha value is -2.29. The Labute approximate surface area is 113 Å². The molecule has 0 spiro atoms. The topological polar surface area (TPSA) is 38.3 Å². The summed E-state index contributed by atoms with van der Waals surface area (Å²) in [4.78, 5) is 11.7. The van der Waals surface area contributed by atoms with E-state index in [1.54, 1.807) is 12.1 Å². The van der Waals surface area contributed by atoms with E-state index in [0.29, 0.717) is 5.75 Å². The zero-order chi connectivity index (χ0) is 13.5. The van der Waals surface area contributed by atoms with Crippen molar-refractivity contribution in [1.29, 1.82) is 0 Å². The lowest BCUT2D eigenvalue weighted by Crippen LogP contribution is -2.36. The minimum Gasteiger partial charge on any atom is -0.410 e. The van der Waals surface area contributed by atoms with Gasteiger partial charge in [0.05, 0.1) is 0 Å². The Morgan fingerprint density at radius 3 is 2.26 bits per heavy atom. The van der Waals surface area contributed by atoms with E-state index < -0.39 is 6.09 Å². The van der Waals surface area contributed by atoms with Crippen molar-refractivity contribution in [3.63, 3.8) is 0 Å². The van der Waals surface area contributed by atoms with Crippen LogP contribution in [0.1, 0.15) is 12.5 Å². The second-order valence-electron chi connectivity index (χ2n) is 4.44. The first-order chi connectivity index (χ1) is 9.24. The first-order valence-electron chi connectivity index (χ1n) is 6.31. The third-order valence-electron chi connectivity index (χ3n) is 2.70. The fourth-order valence-electron chi connectivity index (χ4n) is 1.84. The lowest BCUT2D eigenvalue weighted by molar-refractivity contribution is 0.197. The van der Waals surface area contributed by atoms with E-state index in [1.165, 1.54) is 5.56 Å². The molecule has 0 aliphatic rings. The summed E-state index contributed by atoms with van der Waals surface area (Å²) in [5.41, 5.74) is 1.19. The summed E-state index contributed by atoms with van der Waals surface area (Å²) in [6, 6.07) is 19.1. The highest BCUT2D eigenvalue weighted by Gasteiger charge is 2.09. The van der Waals surface area contributed by atoms with Crippen LogP contribution in [0.25, 0.3) is 0 Å². The van der Waals surface area contributed by atoms with Crippen LogP contribution in [0.3, 0.4) is 0 Å². The highest BCUT2D eigenvalue weighted by Crippen LogP contribution is 2.09. The van der Waals surface area contributed by atoms with Crippen molar-refractivity contribution in [2.24, 2.45) is 0 Å². The van der Waals surface area contributed by atoms with Crippen molar-refractivity contribution >= 4 is 6.09 Å². The summed E-state index contributed by atoms with van der Waals surface area (Å²) in [5.74, 6) is 0.548. The van der Waals surface area contributed by atoms with Gasteiger partial charge in [-0.05, 0) is 31.0 Å². The first-order valence-corrected chi connectivity index (χ1v) is 6.31. The van der Waals surface area contributed by atoms with E-state index in [4.69, 9.17) is 4.74 Å². The lowest BCUT2D eigenvalue weighted by atomic mass is 10.1. The average Bonchev–Trinajstić information content (AvgIpc) is 2.40. The van der Waals surface area contributed by atoms with Gasteiger partial charge in [-0.2, -0.15) is 0 Å². The zero-order valence-electron chi connectivity index (χ0n) is 10.9. The molecular formula is C16H17NO2. The van der Waals surface area contributed by atoms with Crippen LogP contribution in [0.2, 0.25) is 0 Å². The normalized spacial score (nSPS) is 11.6. The van der Waals surface area contributed by atoms with Crippen LogP contribution in [0, 0.1) is 0 Å². The van der Waals surface area contributed by atoms with Gasteiger partial charge < -0.3 is 10.1 Å². The summed E-state index contributed by atoms with van der Waals surface area (Å²) in [5, 5.41) is 2.82. The monoisotopic (exact) mass is 255 g/mol. The molecule has 1 N–H and O–H groups in total. The second kappa shape index (κ2) is 6.59. The first kappa shape index (κ1) is 13.1. The minimum absolute atomic E-state index is 0.0265. The lowest BCUT2D eigenvalue weighted by Gasteiger charge is -2.13. The second-order valence-corrected chi connectivity index (χ2v) is 4.44. The molecule has 0 saturated heterocycles. The smallest absolute Gasteiger partial charge is 0.410 e. The number of ether oxygens (including phenoxy) is 1. The quantitative estimate of drug-likeness (QED) is 0.909. The number of benzene rings is 2. The largest absolute Gasteiger partial charge is 0.412 e. The van der Waals surface area contributed by atoms with E-state index >= 15 is 0 Å². The van der Waals surface area contributed by atoms with Crippen molar-refractivity contribution in [1.82, 2.24) is 5.32 Å². The highest BCUT2D eigenvalue weighted by atomic mass is 16.6. The predicted molar refractivity (Wildman–Crippen MR) is 75.2 cm³/mol. The maximum atomic E-state index is 11.7. The number of para-hydroxylation sites is 1. The van der Waals surface area contributed by atoms with Crippen molar-refractivity contribution in [3.05, 3.63) is 66.2 Å². The number of nitrogens with one attached hydrogen (secondary N) is 1. The third-order valence-corrected chi connectivity index (χ3v) is 2.70. The predicted octanol–water partition coefficient (Wildman–Crippen LogP) is 3.41. The SMILES string of the molecule is CC(Cc1ccccc1)NC(=O)Oc1ccccc1. The number of hydrogen-bond acceptors (Lipinski definition) is 2. The van der Waals surface area contributed by atoms with E-state index in [-0.39, 0.29) is 6.04 Å². The molecule has 2 aromatic rings. The van der Waals surface area contributed by atoms with Gasteiger partial charge in [-0.3, -0.25) is 0 Å². The van der Waals surface area contributed by atoms with Crippen LogP contribution < -0.4 is 10.1 Å². The molecule has 1 amide bonds. The summed E-state index contributed by atoms with van der Waals surface area (Å²) in [6.45, 7) is 1.96. The summed E-state index contributed by atoms with van der Waals surface area (Å²) < 4.78 is 5.17. The number of carbonyl (C=O) groups excluding carboxylic acids is 1. The molecule has 0 fully saturated rings. The van der Waals surface area contributed by atoms with Gasteiger partial charge in [0.15, 0.2) is 0 Å². The summed E-state index contributed by atoms with van der Waals surface area (Å²) in [6.07, 6.45) is 0.361. The number of rotatable bonds is 4. The van der Waals surface area contributed by atoms with E-state index in [9.17, 15) is 4.79 Å². The zero-order valence-corrected chi connectivity index (χ0v) is 10.9. The van der Waals surface area contributed by atoms with Crippen molar-refractivity contribution in [2.75, 3.05) is 0 Å². The molecule has 19 heavy (non-hydrogen) atoms.